The molecule has 0 unspecified atom stereocenters. The lowest BCUT2D eigenvalue weighted by molar-refractivity contribution is 0.0704. The van der Waals surface area contributed by atoms with Crippen molar-refractivity contribution in [2.75, 3.05) is 25.0 Å². The molecular formula is C21H25ClN6O4S. The fourth-order valence-electron chi connectivity index (χ4n) is 3.79. The van der Waals surface area contributed by atoms with Gasteiger partial charge in [0.05, 0.1) is 5.02 Å². The molecule has 176 valence electrons. The van der Waals surface area contributed by atoms with Crippen LogP contribution < -0.4 is 4.72 Å². The Morgan fingerprint density at radius 3 is 2.45 bits per heavy atom. The van der Waals surface area contributed by atoms with Crippen molar-refractivity contribution < 1.29 is 17.9 Å². The number of sulfonamides is 1. The molecule has 3 heterocycles. The predicted octanol–water partition coefficient (Wildman–Crippen LogP) is 3.26. The summed E-state index contributed by atoms with van der Waals surface area (Å²) in [6.45, 7) is 2.69. The van der Waals surface area contributed by atoms with Gasteiger partial charge >= 0.3 is 0 Å². The average molecular weight is 493 g/mol. The largest absolute Gasteiger partial charge is 0.381 e. The molecule has 0 amide bonds. The van der Waals surface area contributed by atoms with Crippen LogP contribution in [0.15, 0.2) is 42.7 Å². The second-order valence-corrected chi connectivity index (χ2v) is 10.2. The van der Waals surface area contributed by atoms with Gasteiger partial charge in [0.15, 0.2) is 11.6 Å². The highest BCUT2D eigenvalue weighted by atomic mass is 35.5. The monoisotopic (exact) mass is 492 g/mol. The lowest BCUT2D eigenvalue weighted by Gasteiger charge is -2.27. The third-order valence-corrected chi connectivity index (χ3v) is 7.47. The molecule has 33 heavy (non-hydrogen) atoms. The highest BCUT2D eigenvalue weighted by Crippen LogP contribution is 2.32. The van der Waals surface area contributed by atoms with E-state index in [1.807, 2.05) is 34.9 Å². The average Bonchev–Trinajstić information content (AvgIpc) is 3.24. The number of anilines is 1. The SMILES string of the molecule is CO[C@H](c1ncc(Cl)cn1)[C@H](C)S(=O)(=O)Nc1nnc(-c2ccccc2)n1C1CCOCC1. The zero-order valence-corrected chi connectivity index (χ0v) is 19.8. The summed E-state index contributed by atoms with van der Waals surface area (Å²) in [6, 6.07) is 9.54. The molecule has 1 aromatic carbocycles. The van der Waals surface area contributed by atoms with Crippen molar-refractivity contribution in [3.63, 3.8) is 0 Å². The third kappa shape index (κ3) is 5.16. The van der Waals surface area contributed by atoms with Crippen molar-refractivity contribution in [1.29, 1.82) is 0 Å². The summed E-state index contributed by atoms with van der Waals surface area (Å²) in [5.41, 5.74) is 0.847. The van der Waals surface area contributed by atoms with Crippen molar-refractivity contribution in [2.45, 2.75) is 37.2 Å². The Bertz CT molecular complexity index is 1170. The number of benzene rings is 1. The van der Waals surface area contributed by atoms with E-state index in [0.29, 0.717) is 24.1 Å². The van der Waals surface area contributed by atoms with Crippen LogP contribution in [0.1, 0.15) is 37.7 Å². The third-order valence-electron chi connectivity index (χ3n) is 5.58. The molecule has 0 bridgehead atoms. The molecule has 0 spiro atoms. The lowest BCUT2D eigenvalue weighted by atomic mass is 10.1. The molecule has 2 aromatic heterocycles. The molecule has 1 aliphatic heterocycles. The highest BCUT2D eigenvalue weighted by molar-refractivity contribution is 7.93. The topological polar surface area (TPSA) is 121 Å². The second-order valence-electron chi connectivity index (χ2n) is 7.69. The van der Waals surface area contributed by atoms with Gasteiger partial charge in [-0.15, -0.1) is 10.2 Å². The Labute approximate surface area is 197 Å². The first kappa shape index (κ1) is 23.6. The van der Waals surface area contributed by atoms with E-state index in [9.17, 15) is 8.42 Å². The standard InChI is InChI=1S/C21H25ClN6O4S/c1-14(18(31-2)19-23-12-16(22)13-24-19)33(29,30)27-21-26-25-20(15-6-4-3-5-7-15)28(21)17-8-10-32-11-9-17/h3-7,12-14,17-18H,8-11H2,1-2H3,(H,26,27)/t14-,18-/m0/s1. The van der Waals surface area contributed by atoms with Crippen molar-refractivity contribution >= 4 is 27.6 Å². The minimum atomic E-state index is -3.96. The lowest BCUT2D eigenvalue weighted by Crippen LogP contribution is -2.34. The molecule has 10 nitrogen and oxygen atoms in total. The Balaban J connectivity index is 1.67. The van der Waals surface area contributed by atoms with E-state index in [4.69, 9.17) is 21.1 Å². The molecule has 1 N–H and O–H groups in total. The van der Waals surface area contributed by atoms with Crippen LogP contribution in [0, 0.1) is 0 Å². The fourth-order valence-corrected chi connectivity index (χ4v) is 5.03. The van der Waals surface area contributed by atoms with Crippen LogP contribution in [-0.2, 0) is 19.5 Å². The number of hydrogen-bond donors (Lipinski definition) is 1. The quantitative estimate of drug-likeness (QED) is 0.508. The van der Waals surface area contributed by atoms with E-state index in [1.54, 1.807) is 0 Å². The zero-order valence-electron chi connectivity index (χ0n) is 18.3. The molecular weight excluding hydrogens is 468 g/mol. The second kappa shape index (κ2) is 10.1. The summed E-state index contributed by atoms with van der Waals surface area (Å²) in [7, 11) is -2.55. The van der Waals surface area contributed by atoms with Gasteiger partial charge in [-0.1, -0.05) is 41.9 Å². The maximum absolute atomic E-state index is 13.3. The van der Waals surface area contributed by atoms with Gasteiger partial charge in [0.2, 0.25) is 16.0 Å². The minimum absolute atomic E-state index is 0.00483. The first-order chi connectivity index (χ1) is 15.9. The van der Waals surface area contributed by atoms with Crippen LogP contribution in [0.4, 0.5) is 5.95 Å². The normalized spacial score (nSPS) is 16.9. The number of ether oxygens (including phenoxy) is 2. The van der Waals surface area contributed by atoms with Gasteiger partial charge in [0, 0.05) is 44.3 Å². The maximum atomic E-state index is 13.3. The number of hydrogen-bond acceptors (Lipinski definition) is 8. The minimum Gasteiger partial charge on any atom is -0.381 e. The smallest absolute Gasteiger partial charge is 0.240 e. The van der Waals surface area contributed by atoms with Gasteiger partial charge in [0.1, 0.15) is 11.4 Å². The highest BCUT2D eigenvalue weighted by Gasteiger charge is 2.35. The Hall–Kier alpha value is -2.60. The van der Waals surface area contributed by atoms with Crippen molar-refractivity contribution in [3.05, 3.63) is 53.6 Å². The molecule has 3 aromatic rings. The summed E-state index contributed by atoms with van der Waals surface area (Å²) in [6.07, 6.45) is 3.34. The number of nitrogens with zero attached hydrogens (tertiary/aromatic N) is 5. The predicted molar refractivity (Wildman–Crippen MR) is 123 cm³/mol. The number of rotatable bonds is 8. The van der Waals surface area contributed by atoms with E-state index >= 15 is 0 Å². The summed E-state index contributed by atoms with van der Waals surface area (Å²) >= 11 is 5.86. The summed E-state index contributed by atoms with van der Waals surface area (Å²) < 4.78 is 42.1. The maximum Gasteiger partial charge on any atom is 0.240 e. The van der Waals surface area contributed by atoms with Gasteiger partial charge in [-0.25, -0.2) is 18.4 Å². The van der Waals surface area contributed by atoms with Crippen molar-refractivity contribution in [1.82, 2.24) is 24.7 Å². The number of nitrogens with one attached hydrogen (secondary N) is 1. The number of aromatic nitrogens is 5. The van der Waals surface area contributed by atoms with Gasteiger partial charge in [-0.05, 0) is 19.8 Å². The van der Waals surface area contributed by atoms with Crippen LogP contribution in [-0.4, -0.2) is 58.7 Å². The number of halogens is 1. The van der Waals surface area contributed by atoms with Gasteiger partial charge in [0.25, 0.3) is 0 Å². The molecule has 0 saturated carbocycles. The number of methoxy groups -OCH3 is 1. The Kier molecular flexibility index (Phi) is 7.23. The van der Waals surface area contributed by atoms with Crippen molar-refractivity contribution in [2.24, 2.45) is 0 Å². The molecule has 0 radical (unpaired) electrons. The Morgan fingerprint density at radius 1 is 1.15 bits per heavy atom. The van der Waals surface area contributed by atoms with E-state index < -0.39 is 21.4 Å². The van der Waals surface area contributed by atoms with Crippen LogP contribution in [0.5, 0.6) is 0 Å². The van der Waals surface area contributed by atoms with Crippen LogP contribution >= 0.6 is 11.6 Å². The molecule has 1 saturated heterocycles. The molecule has 2 atom stereocenters. The molecule has 1 fully saturated rings. The zero-order chi connectivity index (χ0) is 23.4. The van der Waals surface area contributed by atoms with Crippen molar-refractivity contribution in [3.8, 4) is 11.4 Å². The van der Waals surface area contributed by atoms with Crippen LogP contribution in [0.2, 0.25) is 5.02 Å². The molecule has 12 heteroatoms. The molecule has 4 rings (SSSR count). The van der Waals surface area contributed by atoms with E-state index in [1.165, 1.54) is 26.4 Å². The van der Waals surface area contributed by atoms with Gasteiger partial charge in [-0.3, -0.25) is 9.29 Å². The van der Waals surface area contributed by atoms with E-state index in [-0.39, 0.29) is 17.8 Å². The first-order valence-electron chi connectivity index (χ1n) is 10.5. The first-order valence-corrected chi connectivity index (χ1v) is 12.4. The molecule has 1 aliphatic rings. The summed E-state index contributed by atoms with van der Waals surface area (Å²) in [4.78, 5) is 8.24. The Morgan fingerprint density at radius 2 is 1.82 bits per heavy atom. The summed E-state index contributed by atoms with van der Waals surface area (Å²) in [5, 5.41) is 7.83. The van der Waals surface area contributed by atoms with Crippen LogP contribution in [0.25, 0.3) is 11.4 Å². The summed E-state index contributed by atoms with van der Waals surface area (Å²) in [5.74, 6) is 0.965. The van der Waals surface area contributed by atoms with E-state index in [0.717, 1.165) is 18.4 Å². The van der Waals surface area contributed by atoms with Gasteiger partial charge < -0.3 is 9.47 Å². The fraction of sp³-hybridized carbons (Fsp3) is 0.429. The van der Waals surface area contributed by atoms with E-state index in [2.05, 4.69) is 24.9 Å². The molecule has 0 aliphatic carbocycles. The van der Waals surface area contributed by atoms with Gasteiger partial charge in [-0.2, -0.15) is 0 Å². The van der Waals surface area contributed by atoms with Crippen LogP contribution in [0.3, 0.4) is 0 Å².